The summed E-state index contributed by atoms with van der Waals surface area (Å²) in [7, 11) is 0. The zero-order valence-corrected chi connectivity index (χ0v) is 11.3. The second-order valence-electron chi connectivity index (χ2n) is 4.70. The summed E-state index contributed by atoms with van der Waals surface area (Å²) < 4.78 is 4.87. The number of esters is 1. The van der Waals surface area contributed by atoms with E-state index in [1.807, 2.05) is 13.0 Å². The van der Waals surface area contributed by atoms with Gasteiger partial charge >= 0.3 is 5.97 Å². The van der Waals surface area contributed by atoms with Gasteiger partial charge in [0.1, 0.15) is 0 Å². The van der Waals surface area contributed by atoms with Gasteiger partial charge in [0.05, 0.1) is 12.1 Å². The van der Waals surface area contributed by atoms with Crippen LogP contribution in [0, 0.1) is 0 Å². The van der Waals surface area contributed by atoms with Gasteiger partial charge in [-0.2, -0.15) is 0 Å². The Hall–Kier alpha value is -1.32. The molecule has 4 nitrogen and oxygen atoms in total. The standard InChI is InChI=1S/C14H23NO3/c1-3-12(16)15-14(9-6-5-7-10-14)11-8-13(17)18-4-2/h8,11H,3-7,9-10H2,1-2H3,(H,15,16)/b11-8+. The van der Waals surface area contributed by atoms with Crippen molar-refractivity contribution in [2.24, 2.45) is 0 Å². The van der Waals surface area contributed by atoms with E-state index in [1.165, 1.54) is 12.5 Å². The van der Waals surface area contributed by atoms with E-state index in [-0.39, 0.29) is 17.4 Å². The Labute approximate surface area is 109 Å². The molecule has 0 unspecified atom stereocenters. The molecule has 0 spiro atoms. The highest BCUT2D eigenvalue weighted by Crippen LogP contribution is 2.29. The van der Waals surface area contributed by atoms with Crippen LogP contribution in [0.1, 0.15) is 52.4 Å². The molecule has 1 rings (SSSR count). The van der Waals surface area contributed by atoms with Crippen LogP contribution in [0.15, 0.2) is 12.2 Å². The quantitative estimate of drug-likeness (QED) is 0.604. The van der Waals surface area contributed by atoms with Gasteiger partial charge in [-0.15, -0.1) is 0 Å². The Balaban J connectivity index is 2.70. The van der Waals surface area contributed by atoms with Gasteiger partial charge in [0.15, 0.2) is 0 Å². The lowest BCUT2D eigenvalue weighted by Gasteiger charge is -2.35. The molecular weight excluding hydrogens is 230 g/mol. The van der Waals surface area contributed by atoms with Crippen LogP contribution in [0.4, 0.5) is 0 Å². The molecule has 0 aromatic heterocycles. The summed E-state index contributed by atoms with van der Waals surface area (Å²) in [6.45, 7) is 3.99. The molecule has 0 atom stereocenters. The number of ether oxygens (including phenoxy) is 1. The zero-order chi connectivity index (χ0) is 13.4. The maximum atomic E-state index is 11.6. The van der Waals surface area contributed by atoms with Crippen molar-refractivity contribution in [3.63, 3.8) is 0 Å². The molecule has 0 aliphatic heterocycles. The molecule has 1 amide bonds. The average Bonchev–Trinajstić information content (AvgIpc) is 2.38. The molecule has 0 radical (unpaired) electrons. The van der Waals surface area contributed by atoms with Crippen molar-refractivity contribution < 1.29 is 14.3 Å². The van der Waals surface area contributed by atoms with E-state index in [2.05, 4.69) is 5.32 Å². The highest BCUT2D eigenvalue weighted by Gasteiger charge is 2.30. The number of amides is 1. The third-order valence-corrected chi connectivity index (χ3v) is 3.28. The van der Waals surface area contributed by atoms with Crippen molar-refractivity contribution in [1.29, 1.82) is 0 Å². The van der Waals surface area contributed by atoms with Crippen LogP contribution in [0.5, 0.6) is 0 Å². The summed E-state index contributed by atoms with van der Waals surface area (Å²) in [5.41, 5.74) is -0.349. The fourth-order valence-corrected chi connectivity index (χ4v) is 2.30. The van der Waals surface area contributed by atoms with Crippen LogP contribution >= 0.6 is 0 Å². The van der Waals surface area contributed by atoms with E-state index >= 15 is 0 Å². The second-order valence-corrected chi connectivity index (χ2v) is 4.70. The van der Waals surface area contributed by atoms with Crippen LogP contribution in [-0.4, -0.2) is 24.0 Å². The second kappa shape index (κ2) is 7.19. The molecule has 0 bridgehead atoms. The molecule has 0 aromatic rings. The highest BCUT2D eigenvalue weighted by atomic mass is 16.5. The first-order valence-electron chi connectivity index (χ1n) is 6.79. The normalized spacial score (nSPS) is 18.6. The first kappa shape index (κ1) is 14.7. The fourth-order valence-electron chi connectivity index (χ4n) is 2.30. The summed E-state index contributed by atoms with van der Waals surface area (Å²) in [6, 6.07) is 0. The lowest BCUT2D eigenvalue weighted by molar-refractivity contribution is -0.137. The van der Waals surface area contributed by atoms with Gasteiger partial charge in [-0.3, -0.25) is 4.79 Å². The predicted octanol–water partition coefficient (Wildman–Crippen LogP) is 2.33. The molecule has 18 heavy (non-hydrogen) atoms. The Morgan fingerprint density at radius 3 is 2.44 bits per heavy atom. The summed E-state index contributed by atoms with van der Waals surface area (Å²) in [4.78, 5) is 23.0. The number of hydrogen-bond donors (Lipinski definition) is 1. The van der Waals surface area contributed by atoms with Crippen molar-refractivity contribution in [2.75, 3.05) is 6.61 Å². The topological polar surface area (TPSA) is 55.4 Å². The van der Waals surface area contributed by atoms with Gasteiger partial charge in [-0.05, 0) is 19.8 Å². The van der Waals surface area contributed by atoms with Crippen LogP contribution in [-0.2, 0) is 14.3 Å². The molecule has 102 valence electrons. The third kappa shape index (κ3) is 4.51. The predicted molar refractivity (Wildman–Crippen MR) is 70.0 cm³/mol. The number of carbonyl (C=O) groups is 2. The molecule has 4 heteroatoms. The summed E-state index contributed by atoms with van der Waals surface area (Å²) >= 11 is 0. The van der Waals surface area contributed by atoms with Crippen molar-refractivity contribution in [3.05, 3.63) is 12.2 Å². The highest BCUT2D eigenvalue weighted by molar-refractivity contribution is 5.82. The summed E-state index contributed by atoms with van der Waals surface area (Å²) in [6.07, 6.45) is 8.88. The minimum atomic E-state index is -0.349. The lowest BCUT2D eigenvalue weighted by Crippen LogP contribution is -2.48. The number of rotatable bonds is 5. The molecule has 1 fully saturated rings. The van der Waals surface area contributed by atoms with Crippen molar-refractivity contribution >= 4 is 11.9 Å². The molecule has 0 heterocycles. The monoisotopic (exact) mass is 253 g/mol. The number of nitrogens with one attached hydrogen (secondary N) is 1. The average molecular weight is 253 g/mol. The minimum Gasteiger partial charge on any atom is -0.463 e. The number of carbonyl (C=O) groups excluding carboxylic acids is 2. The van der Waals surface area contributed by atoms with Crippen LogP contribution in [0.25, 0.3) is 0 Å². The van der Waals surface area contributed by atoms with Gasteiger partial charge in [-0.25, -0.2) is 4.79 Å². The fraction of sp³-hybridized carbons (Fsp3) is 0.714. The Morgan fingerprint density at radius 2 is 1.89 bits per heavy atom. The van der Waals surface area contributed by atoms with Gasteiger partial charge in [-0.1, -0.05) is 32.3 Å². The van der Waals surface area contributed by atoms with Crippen LogP contribution in [0.2, 0.25) is 0 Å². The minimum absolute atomic E-state index is 0.0328. The van der Waals surface area contributed by atoms with Gasteiger partial charge in [0.2, 0.25) is 5.91 Å². The lowest BCUT2D eigenvalue weighted by atomic mass is 9.81. The van der Waals surface area contributed by atoms with E-state index in [1.54, 1.807) is 6.92 Å². The molecule has 0 aromatic carbocycles. The SMILES string of the molecule is CCOC(=O)/C=C/C1(NC(=O)CC)CCCCC1. The van der Waals surface area contributed by atoms with Crippen molar-refractivity contribution in [2.45, 2.75) is 57.9 Å². The van der Waals surface area contributed by atoms with Crippen molar-refractivity contribution in [3.8, 4) is 0 Å². The molecule has 1 aliphatic carbocycles. The Bertz CT molecular complexity index is 317. The van der Waals surface area contributed by atoms with Crippen LogP contribution < -0.4 is 5.32 Å². The van der Waals surface area contributed by atoms with E-state index in [0.717, 1.165) is 25.7 Å². The maximum Gasteiger partial charge on any atom is 0.330 e. The zero-order valence-electron chi connectivity index (χ0n) is 11.3. The molecule has 1 saturated carbocycles. The van der Waals surface area contributed by atoms with E-state index < -0.39 is 0 Å². The molecule has 1 aliphatic rings. The Morgan fingerprint density at radius 1 is 1.22 bits per heavy atom. The van der Waals surface area contributed by atoms with E-state index in [0.29, 0.717) is 13.0 Å². The van der Waals surface area contributed by atoms with Crippen LogP contribution in [0.3, 0.4) is 0 Å². The Kier molecular flexibility index (Phi) is 5.89. The molecule has 1 N–H and O–H groups in total. The third-order valence-electron chi connectivity index (χ3n) is 3.28. The summed E-state index contributed by atoms with van der Waals surface area (Å²) in [5, 5.41) is 3.05. The van der Waals surface area contributed by atoms with Crippen molar-refractivity contribution in [1.82, 2.24) is 5.32 Å². The van der Waals surface area contributed by atoms with Gasteiger partial charge in [0.25, 0.3) is 0 Å². The van der Waals surface area contributed by atoms with Gasteiger partial charge < -0.3 is 10.1 Å². The smallest absolute Gasteiger partial charge is 0.330 e. The first-order valence-corrected chi connectivity index (χ1v) is 6.79. The summed E-state index contributed by atoms with van der Waals surface area (Å²) in [5.74, 6) is -0.307. The molecule has 0 saturated heterocycles. The molecular formula is C14H23NO3. The van der Waals surface area contributed by atoms with E-state index in [4.69, 9.17) is 4.74 Å². The van der Waals surface area contributed by atoms with E-state index in [9.17, 15) is 9.59 Å². The largest absolute Gasteiger partial charge is 0.463 e. The first-order chi connectivity index (χ1) is 8.62. The maximum absolute atomic E-state index is 11.6. The number of hydrogen-bond acceptors (Lipinski definition) is 3. The van der Waals surface area contributed by atoms with Gasteiger partial charge in [0, 0.05) is 12.5 Å².